The van der Waals surface area contributed by atoms with Crippen LogP contribution in [0.5, 0.6) is 0 Å². The number of nitrogens with zero attached hydrogens (tertiary/aromatic N) is 4. The van der Waals surface area contributed by atoms with E-state index in [1.165, 1.54) is 6.07 Å². The van der Waals surface area contributed by atoms with Gasteiger partial charge >= 0.3 is 0 Å². The first-order chi connectivity index (χ1) is 14.8. The minimum absolute atomic E-state index is 0. The molecular weight excluding hydrogens is 527 g/mol. The number of aromatic nitrogens is 1. The van der Waals surface area contributed by atoms with Crippen LogP contribution >= 0.6 is 24.0 Å². The molecule has 1 aromatic carbocycles. The van der Waals surface area contributed by atoms with Crippen LogP contribution in [-0.2, 0) is 0 Å². The molecule has 1 fully saturated rings. The Labute approximate surface area is 206 Å². The number of rotatable bonds is 6. The average molecular weight is 561 g/mol. The molecule has 1 saturated heterocycles. The Morgan fingerprint density at radius 3 is 2.44 bits per heavy atom. The molecule has 32 heavy (non-hydrogen) atoms. The molecule has 178 valence electrons. The van der Waals surface area contributed by atoms with Crippen LogP contribution < -0.4 is 5.32 Å². The molecule has 0 aliphatic carbocycles. The van der Waals surface area contributed by atoms with Crippen molar-refractivity contribution in [3.05, 3.63) is 52.4 Å². The number of benzene rings is 1. The van der Waals surface area contributed by atoms with Gasteiger partial charge in [0.1, 0.15) is 17.4 Å². The molecule has 1 aromatic heterocycles. The zero-order chi connectivity index (χ0) is 22.5. The summed E-state index contributed by atoms with van der Waals surface area (Å²) in [6.07, 6.45) is 0.768. The zero-order valence-corrected chi connectivity index (χ0v) is 21.8. The van der Waals surface area contributed by atoms with E-state index in [-0.39, 0.29) is 35.9 Å². The molecule has 1 aliphatic rings. The predicted octanol–water partition coefficient (Wildman–Crippen LogP) is 4.64. The van der Waals surface area contributed by atoms with Crippen molar-refractivity contribution in [2.24, 2.45) is 4.99 Å². The van der Waals surface area contributed by atoms with Crippen molar-refractivity contribution < 1.29 is 13.3 Å². The standard InChI is InChI=1S/C23H33F2N5O.HI/c1-6-21(19-8-7-18(24)13-20(19)25)29-9-11-30(12-10-29)23(26-5)27-14-15(2)22-16(3)28-31-17(22)4;/h7-8,13,15,21H,6,9-12,14H2,1-5H3,(H,26,27);1H. The summed E-state index contributed by atoms with van der Waals surface area (Å²) < 4.78 is 32.9. The van der Waals surface area contributed by atoms with Gasteiger partial charge < -0.3 is 14.7 Å². The summed E-state index contributed by atoms with van der Waals surface area (Å²) in [5.74, 6) is 0.949. The lowest BCUT2D eigenvalue weighted by atomic mass is 9.99. The molecule has 2 atom stereocenters. The lowest BCUT2D eigenvalue weighted by Gasteiger charge is -2.40. The fourth-order valence-electron chi connectivity index (χ4n) is 4.56. The maximum Gasteiger partial charge on any atom is 0.193 e. The molecule has 0 amide bonds. The van der Waals surface area contributed by atoms with E-state index in [9.17, 15) is 8.78 Å². The number of aryl methyl sites for hydroxylation is 2. The smallest absolute Gasteiger partial charge is 0.193 e. The Morgan fingerprint density at radius 1 is 1.22 bits per heavy atom. The van der Waals surface area contributed by atoms with Gasteiger partial charge in [-0.1, -0.05) is 25.1 Å². The molecule has 0 spiro atoms. The predicted molar refractivity (Wildman–Crippen MR) is 134 cm³/mol. The molecule has 2 aromatic rings. The Morgan fingerprint density at radius 2 is 1.91 bits per heavy atom. The average Bonchev–Trinajstić information content (AvgIpc) is 3.09. The number of aliphatic imine (C=N–C) groups is 1. The summed E-state index contributed by atoms with van der Waals surface area (Å²) in [4.78, 5) is 8.95. The van der Waals surface area contributed by atoms with E-state index in [0.29, 0.717) is 5.56 Å². The van der Waals surface area contributed by atoms with Gasteiger partial charge in [-0.2, -0.15) is 0 Å². The minimum atomic E-state index is -0.540. The molecule has 3 rings (SSSR count). The number of guanidine groups is 1. The van der Waals surface area contributed by atoms with E-state index in [1.54, 1.807) is 13.1 Å². The van der Waals surface area contributed by atoms with Crippen molar-refractivity contribution in [1.29, 1.82) is 0 Å². The summed E-state index contributed by atoms with van der Waals surface area (Å²) in [6.45, 7) is 12.0. The van der Waals surface area contributed by atoms with E-state index in [4.69, 9.17) is 4.52 Å². The van der Waals surface area contributed by atoms with Crippen LogP contribution in [0.4, 0.5) is 8.78 Å². The Hall–Kier alpha value is -1.75. The highest BCUT2D eigenvalue weighted by Gasteiger charge is 2.27. The normalized spacial score (nSPS) is 17.1. The van der Waals surface area contributed by atoms with Crippen LogP contribution in [0.25, 0.3) is 0 Å². The molecule has 1 N–H and O–H groups in total. The van der Waals surface area contributed by atoms with E-state index >= 15 is 0 Å². The summed E-state index contributed by atoms with van der Waals surface area (Å²) in [7, 11) is 1.79. The number of piperazine rings is 1. The van der Waals surface area contributed by atoms with Crippen LogP contribution in [0, 0.1) is 25.5 Å². The Kier molecular flexibility index (Phi) is 9.87. The number of hydrogen-bond donors (Lipinski definition) is 1. The van der Waals surface area contributed by atoms with Crippen molar-refractivity contribution in [3.8, 4) is 0 Å². The quantitative estimate of drug-likeness (QED) is 0.317. The van der Waals surface area contributed by atoms with Gasteiger partial charge in [0, 0.05) is 68.9 Å². The monoisotopic (exact) mass is 561 g/mol. The van der Waals surface area contributed by atoms with E-state index in [1.807, 2.05) is 20.8 Å². The molecule has 0 saturated carbocycles. The van der Waals surface area contributed by atoms with E-state index in [0.717, 1.165) is 68.2 Å². The van der Waals surface area contributed by atoms with Crippen LogP contribution in [0.3, 0.4) is 0 Å². The first kappa shape index (κ1) is 26.5. The molecule has 1 aliphatic heterocycles. The topological polar surface area (TPSA) is 56.9 Å². The number of hydrogen-bond acceptors (Lipinski definition) is 4. The largest absolute Gasteiger partial charge is 0.361 e. The highest BCUT2D eigenvalue weighted by Crippen LogP contribution is 2.28. The molecular formula is C23H34F2IN5O. The van der Waals surface area contributed by atoms with Gasteiger partial charge in [-0.3, -0.25) is 9.89 Å². The van der Waals surface area contributed by atoms with Gasteiger partial charge in [0.25, 0.3) is 0 Å². The Bertz CT molecular complexity index is 892. The third-order valence-electron chi connectivity index (χ3n) is 6.12. The zero-order valence-electron chi connectivity index (χ0n) is 19.5. The highest BCUT2D eigenvalue weighted by molar-refractivity contribution is 14.0. The second-order valence-corrected chi connectivity index (χ2v) is 8.18. The van der Waals surface area contributed by atoms with Crippen LogP contribution in [0.15, 0.2) is 27.7 Å². The molecule has 6 nitrogen and oxygen atoms in total. The SMILES string of the molecule is CCC(c1ccc(F)cc1F)N1CCN(C(=NC)NCC(C)c2c(C)noc2C)CC1.I. The second kappa shape index (κ2) is 11.9. The van der Waals surface area contributed by atoms with Gasteiger partial charge in [-0.05, 0) is 26.3 Å². The van der Waals surface area contributed by atoms with Gasteiger partial charge in [0.2, 0.25) is 0 Å². The van der Waals surface area contributed by atoms with Crippen molar-refractivity contribution >= 4 is 29.9 Å². The van der Waals surface area contributed by atoms with Crippen LogP contribution in [0.1, 0.15) is 54.8 Å². The molecule has 2 unspecified atom stereocenters. The maximum atomic E-state index is 14.3. The fraction of sp³-hybridized carbons (Fsp3) is 0.565. The Balaban J connectivity index is 0.00000363. The third-order valence-corrected chi connectivity index (χ3v) is 6.12. The molecule has 2 heterocycles. The molecule has 0 radical (unpaired) electrons. The van der Waals surface area contributed by atoms with Crippen molar-refractivity contribution in [3.63, 3.8) is 0 Å². The van der Waals surface area contributed by atoms with Gasteiger partial charge in [-0.25, -0.2) is 8.78 Å². The van der Waals surface area contributed by atoms with Crippen molar-refractivity contribution in [2.75, 3.05) is 39.8 Å². The third kappa shape index (κ3) is 5.98. The summed E-state index contributed by atoms with van der Waals surface area (Å²) in [5.41, 5.74) is 2.63. The maximum absolute atomic E-state index is 14.3. The summed E-state index contributed by atoms with van der Waals surface area (Å²) >= 11 is 0. The van der Waals surface area contributed by atoms with Crippen molar-refractivity contribution in [1.82, 2.24) is 20.3 Å². The summed E-state index contributed by atoms with van der Waals surface area (Å²) in [5, 5.41) is 7.52. The van der Waals surface area contributed by atoms with Gasteiger partial charge in [-0.15, -0.1) is 24.0 Å². The van der Waals surface area contributed by atoms with E-state index in [2.05, 4.69) is 32.2 Å². The first-order valence-electron chi connectivity index (χ1n) is 10.9. The molecule has 9 heteroatoms. The van der Waals surface area contributed by atoms with Gasteiger partial charge in [0.05, 0.1) is 5.69 Å². The second-order valence-electron chi connectivity index (χ2n) is 8.18. The fourth-order valence-corrected chi connectivity index (χ4v) is 4.56. The summed E-state index contributed by atoms with van der Waals surface area (Å²) in [6, 6.07) is 3.82. The van der Waals surface area contributed by atoms with E-state index < -0.39 is 11.6 Å². The first-order valence-corrected chi connectivity index (χ1v) is 10.9. The number of nitrogens with one attached hydrogen (secondary N) is 1. The van der Waals surface area contributed by atoms with Crippen molar-refractivity contribution in [2.45, 2.75) is 46.1 Å². The van der Waals surface area contributed by atoms with Gasteiger partial charge in [0.15, 0.2) is 5.96 Å². The van der Waals surface area contributed by atoms with Crippen LogP contribution in [-0.4, -0.2) is 60.7 Å². The number of halogens is 3. The van der Waals surface area contributed by atoms with Crippen LogP contribution in [0.2, 0.25) is 0 Å². The highest BCUT2D eigenvalue weighted by atomic mass is 127. The molecule has 0 bridgehead atoms. The lowest BCUT2D eigenvalue weighted by Crippen LogP contribution is -2.53. The minimum Gasteiger partial charge on any atom is -0.361 e. The lowest BCUT2D eigenvalue weighted by molar-refractivity contribution is 0.124.